The van der Waals surface area contributed by atoms with Gasteiger partial charge in [0.05, 0.1) is 52.2 Å². The van der Waals surface area contributed by atoms with Crippen molar-refractivity contribution < 1.29 is 29.0 Å². The molecule has 5 aromatic rings. The summed E-state index contributed by atoms with van der Waals surface area (Å²) in [6.07, 6.45) is 0.652. The van der Waals surface area contributed by atoms with E-state index in [0.29, 0.717) is 19.5 Å². The summed E-state index contributed by atoms with van der Waals surface area (Å²) in [5, 5.41) is 11.2. The standard InChI is InChI=1S/C48H50BrN3O6Si/c1-32-46(59(3,4)39-22-20-38(57-2)21-23-39)43(29-45(55)50(26-27-53)30-33-10-6-5-7-11-33)58-48(32)40-28-36(49)17-24-42(40)51(47(48)56)31-34-14-18-37(19-15-34)52-41-13-9-8-12-35(41)16-25-44(52)54/h5-15,17-24,28,32,43,46,53H,16,25-27,29-31H2,1-4H3/t32-,43+,46-,48+/m1/s1. The highest BCUT2D eigenvalue weighted by molar-refractivity contribution is 9.10. The van der Waals surface area contributed by atoms with E-state index in [1.54, 1.807) is 16.9 Å². The molecule has 0 aromatic heterocycles. The van der Waals surface area contributed by atoms with Crippen LogP contribution in [0.1, 0.15) is 42.0 Å². The van der Waals surface area contributed by atoms with Crippen LogP contribution in [0.15, 0.2) is 126 Å². The monoisotopic (exact) mass is 871 g/mol. The number of aliphatic hydroxyl groups excluding tert-OH is 1. The number of benzene rings is 5. The highest BCUT2D eigenvalue weighted by atomic mass is 79.9. The van der Waals surface area contributed by atoms with Crippen LogP contribution in [-0.2, 0) is 44.2 Å². The first-order chi connectivity index (χ1) is 28.5. The van der Waals surface area contributed by atoms with Gasteiger partial charge in [-0.2, -0.15) is 0 Å². The molecule has 9 nitrogen and oxygen atoms in total. The molecule has 0 unspecified atom stereocenters. The molecule has 3 heterocycles. The number of ether oxygens (including phenoxy) is 2. The molecule has 5 aromatic carbocycles. The lowest BCUT2D eigenvalue weighted by molar-refractivity contribution is -0.150. The molecule has 0 aliphatic carbocycles. The van der Waals surface area contributed by atoms with E-state index in [1.807, 2.05) is 108 Å². The quantitative estimate of drug-likeness (QED) is 0.127. The Labute approximate surface area is 355 Å². The highest BCUT2D eigenvalue weighted by Gasteiger charge is 2.66. The molecule has 1 spiro atoms. The molecule has 0 radical (unpaired) electrons. The van der Waals surface area contributed by atoms with Crippen LogP contribution in [0.5, 0.6) is 5.75 Å². The Bertz CT molecular complexity index is 2360. The maximum atomic E-state index is 15.4. The Morgan fingerprint density at radius 2 is 1.61 bits per heavy atom. The number of aryl methyl sites for hydroxylation is 1. The summed E-state index contributed by atoms with van der Waals surface area (Å²) in [7, 11) is -0.873. The van der Waals surface area contributed by atoms with Crippen LogP contribution in [0.4, 0.5) is 17.1 Å². The fourth-order valence-electron chi connectivity index (χ4n) is 9.80. The van der Waals surface area contributed by atoms with Gasteiger partial charge in [0.1, 0.15) is 5.75 Å². The Kier molecular flexibility index (Phi) is 11.4. The van der Waals surface area contributed by atoms with E-state index in [2.05, 4.69) is 54.1 Å². The van der Waals surface area contributed by atoms with Gasteiger partial charge in [-0.15, -0.1) is 0 Å². The Morgan fingerprint density at radius 1 is 0.898 bits per heavy atom. The molecule has 11 heteroatoms. The van der Waals surface area contributed by atoms with Crippen LogP contribution in [0.2, 0.25) is 18.6 Å². The molecule has 0 bridgehead atoms. The first-order valence-electron chi connectivity index (χ1n) is 20.3. The van der Waals surface area contributed by atoms with Crippen molar-refractivity contribution in [3.63, 3.8) is 0 Å². The van der Waals surface area contributed by atoms with Crippen molar-refractivity contribution in [3.05, 3.63) is 148 Å². The van der Waals surface area contributed by atoms with E-state index in [-0.39, 0.29) is 48.8 Å². The van der Waals surface area contributed by atoms with Gasteiger partial charge in [-0.25, -0.2) is 0 Å². The van der Waals surface area contributed by atoms with Crippen molar-refractivity contribution in [2.45, 2.75) is 69.6 Å². The number of carbonyl (C=O) groups excluding carboxylic acids is 3. The van der Waals surface area contributed by atoms with Gasteiger partial charge in [0.25, 0.3) is 5.91 Å². The molecule has 3 aliphatic heterocycles. The summed E-state index contributed by atoms with van der Waals surface area (Å²) in [6.45, 7) is 7.40. The summed E-state index contributed by atoms with van der Waals surface area (Å²) in [6, 6.07) is 39.8. The normalized spacial score (nSPS) is 21.2. The number of amides is 3. The van der Waals surface area contributed by atoms with Crippen LogP contribution >= 0.6 is 15.9 Å². The van der Waals surface area contributed by atoms with E-state index in [4.69, 9.17) is 9.47 Å². The number of anilines is 3. The summed E-state index contributed by atoms with van der Waals surface area (Å²) >= 11 is 3.71. The molecule has 304 valence electrons. The smallest absolute Gasteiger partial charge is 0.264 e. The number of para-hydroxylation sites is 1. The van der Waals surface area contributed by atoms with Gasteiger partial charge in [0, 0.05) is 41.2 Å². The van der Waals surface area contributed by atoms with Crippen LogP contribution < -0.4 is 19.7 Å². The fraction of sp³-hybridized carbons (Fsp3) is 0.312. The molecular weight excluding hydrogens is 823 g/mol. The summed E-state index contributed by atoms with van der Waals surface area (Å²) < 4.78 is 13.6. The van der Waals surface area contributed by atoms with Gasteiger partial charge >= 0.3 is 0 Å². The SMILES string of the molecule is COc1ccc([Si](C)(C)[C@H]2[C@H](CC(=O)N(CCO)Cc3ccccc3)O[C@@]3(C(=O)N(Cc4ccc(N5C(=O)CCc6ccccc65)cc4)c4ccc(Br)cc43)[C@@H]2C)cc1. The third-order valence-electron chi connectivity index (χ3n) is 12.7. The van der Waals surface area contributed by atoms with Crippen LogP contribution in [-0.4, -0.2) is 62.2 Å². The Morgan fingerprint density at radius 3 is 2.32 bits per heavy atom. The first kappa shape index (κ1) is 40.7. The third kappa shape index (κ3) is 7.43. The number of fused-ring (bicyclic) bond motifs is 3. The lowest BCUT2D eigenvalue weighted by Gasteiger charge is -2.37. The number of aliphatic hydroxyl groups is 1. The van der Waals surface area contributed by atoms with Gasteiger partial charge in [0.2, 0.25) is 11.8 Å². The number of methoxy groups -OCH3 is 1. The van der Waals surface area contributed by atoms with Crippen molar-refractivity contribution >= 4 is 64.0 Å². The van der Waals surface area contributed by atoms with Gasteiger partial charge in [0.15, 0.2) is 5.60 Å². The summed E-state index contributed by atoms with van der Waals surface area (Å²) in [5.41, 5.74) is 4.78. The molecule has 1 saturated heterocycles. The lowest BCUT2D eigenvalue weighted by atomic mass is 9.82. The second-order valence-electron chi connectivity index (χ2n) is 16.5. The topological polar surface area (TPSA) is 99.6 Å². The summed E-state index contributed by atoms with van der Waals surface area (Å²) in [5.74, 6) is 0.233. The van der Waals surface area contributed by atoms with E-state index in [0.717, 1.165) is 56.0 Å². The number of hydrogen-bond acceptors (Lipinski definition) is 6. The molecule has 0 saturated carbocycles. The van der Waals surface area contributed by atoms with Crippen LogP contribution in [0.3, 0.4) is 0 Å². The first-order valence-corrected chi connectivity index (χ1v) is 24.2. The van der Waals surface area contributed by atoms with Gasteiger partial charge in [-0.3, -0.25) is 19.3 Å². The Hall–Kier alpha value is -5.07. The molecule has 3 amide bonds. The molecule has 59 heavy (non-hydrogen) atoms. The third-order valence-corrected chi connectivity index (χ3v) is 17.6. The van der Waals surface area contributed by atoms with Crippen molar-refractivity contribution in [3.8, 4) is 5.75 Å². The minimum atomic E-state index is -2.53. The van der Waals surface area contributed by atoms with Crippen LogP contribution in [0, 0.1) is 5.92 Å². The fourth-order valence-corrected chi connectivity index (χ4v) is 14.2. The number of nitrogens with zero attached hydrogens (tertiary/aromatic N) is 3. The second-order valence-corrected chi connectivity index (χ2v) is 22.1. The van der Waals surface area contributed by atoms with Crippen LogP contribution in [0.25, 0.3) is 0 Å². The molecule has 1 fully saturated rings. The molecule has 8 rings (SSSR count). The van der Waals surface area contributed by atoms with Crippen molar-refractivity contribution in [2.24, 2.45) is 5.92 Å². The van der Waals surface area contributed by atoms with Gasteiger partial charge < -0.3 is 24.4 Å². The van der Waals surface area contributed by atoms with E-state index < -0.39 is 19.8 Å². The van der Waals surface area contributed by atoms with Gasteiger partial charge in [-0.05, 0) is 77.2 Å². The Balaban J connectivity index is 1.15. The second kappa shape index (κ2) is 16.5. The molecule has 1 N–H and O–H groups in total. The molecular formula is C48H50BrN3O6Si. The van der Waals surface area contributed by atoms with Crippen molar-refractivity contribution in [1.29, 1.82) is 0 Å². The zero-order chi connectivity index (χ0) is 41.5. The highest BCUT2D eigenvalue weighted by Crippen LogP contribution is 2.60. The maximum Gasteiger partial charge on any atom is 0.264 e. The lowest BCUT2D eigenvalue weighted by Crippen LogP contribution is -2.52. The number of hydrogen-bond donors (Lipinski definition) is 1. The van der Waals surface area contributed by atoms with E-state index in [9.17, 15) is 14.7 Å². The number of carbonyl (C=O) groups is 3. The predicted molar refractivity (Wildman–Crippen MR) is 237 cm³/mol. The number of halogens is 1. The average Bonchev–Trinajstić information content (AvgIpc) is 3.66. The largest absolute Gasteiger partial charge is 0.497 e. The van der Waals surface area contributed by atoms with E-state index in [1.165, 1.54) is 5.19 Å². The zero-order valence-corrected chi connectivity index (χ0v) is 36.5. The zero-order valence-electron chi connectivity index (χ0n) is 33.9. The van der Waals surface area contributed by atoms with E-state index >= 15 is 4.79 Å². The van der Waals surface area contributed by atoms with Crippen molar-refractivity contribution in [1.82, 2.24) is 4.90 Å². The predicted octanol–water partition coefficient (Wildman–Crippen LogP) is 8.24. The maximum absolute atomic E-state index is 15.4. The van der Waals surface area contributed by atoms with Crippen molar-refractivity contribution in [2.75, 3.05) is 30.1 Å². The van der Waals surface area contributed by atoms with Gasteiger partial charge in [-0.1, -0.05) is 114 Å². The number of rotatable bonds is 12. The molecule has 3 aliphatic rings. The summed E-state index contributed by atoms with van der Waals surface area (Å²) in [4.78, 5) is 48.3. The average molecular weight is 873 g/mol. The minimum absolute atomic E-state index is 0.0586. The minimum Gasteiger partial charge on any atom is -0.497 e. The molecule has 4 atom stereocenters.